The Balaban J connectivity index is 1.78. The van der Waals surface area contributed by atoms with Crippen LogP contribution < -0.4 is 15.0 Å². The van der Waals surface area contributed by atoms with E-state index in [1.54, 1.807) is 35.4 Å². The number of nitrogens with one attached hydrogen (secondary N) is 1. The van der Waals surface area contributed by atoms with E-state index in [4.69, 9.17) is 16.3 Å². The Labute approximate surface area is 138 Å². The number of aryl methyl sites for hydroxylation is 1. The van der Waals surface area contributed by atoms with E-state index >= 15 is 0 Å². The van der Waals surface area contributed by atoms with Gasteiger partial charge in [-0.1, -0.05) is 17.7 Å². The number of aromatic nitrogens is 1. The number of benzene rings is 1. The lowest BCUT2D eigenvalue weighted by Crippen LogP contribution is -2.41. The largest absolute Gasteiger partial charge is 0.423 e. The number of amides is 1. The molecule has 3 rings (SSSR count). The minimum absolute atomic E-state index is 0.00153. The van der Waals surface area contributed by atoms with Crippen LogP contribution in [-0.2, 0) is 9.59 Å². The summed E-state index contributed by atoms with van der Waals surface area (Å²) in [5, 5.41) is 3.25. The van der Waals surface area contributed by atoms with Crippen molar-refractivity contribution in [3.05, 3.63) is 47.1 Å². The van der Waals surface area contributed by atoms with Crippen LogP contribution in [0.2, 0.25) is 5.02 Å². The summed E-state index contributed by atoms with van der Waals surface area (Å²) >= 11 is 5.99. The van der Waals surface area contributed by atoms with E-state index < -0.39 is 5.97 Å². The highest BCUT2D eigenvalue weighted by molar-refractivity contribution is 6.31. The first-order valence-corrected chi connectivity index (χ1v) is 7.37. The van der Waals surface area contributed by atoms with Gasteiger partial charge in [-0.2, -0.15) is 0 Å². The third kappa shape index (κ3) is 3.43. The molecule has 1 aromatic carbocycles. The molecule has 1 aliphatic rings. The molecule has 0 fully saturated rings. The van der Waals surface area contributed by atoms with Gasteiger partial charge in [0.1, 0.15) is 12.4 Å². The fourth-order valence-electron chi connectivity index (χ4n) is 2.32. The van der Waals surface area contributed by atoms with Crippen LogP contribution in [0.3, 0.4) is 0 Å². The number of fused-ring (bicyclic) bond motifs is 1. The molecule has 0 unspecified atom stereocenters. The first-order valence-electron chi connectivity index (χ1n) is 6.99. The van der Waals surface area contributed by atoms with Crippen molar-refractivity contribution in [1.82, 2.24) is 4.98 Å². The average molecular weight is 332 g/mol. The second-order valence-corrected chi connectivity index (χ2v) is 5.60. The van der Waals surface area contributed by atoms with Crippen molar-refractivity contribution in [2.45, 2.75) is 6.92 Å². The molecule has 0 bridgehead atoms. The normalized spacial score (nSPS) is 13.3. The van der Waals surface area contributed by atoms with Crippen molar-refractivity contribution in [3.63, 3.8) is 0 Å². The molecule has 0 saturated carbocycles. The molecule has 2 aromatic rings. The van der Waals surface area contributed by atoms with Crippen LogP contribution >= 0.6 is 11.6 Å². The molecule has 0 aliphatic carbocycles. The van der Waals surface area contributed by atoms with Crippen molar-refractivity contribution < 1.29 is 14.3 Å². The summed E-state index contributed by atoms with van der Waals surface area (Å²) in [6, 6.07) is 8.57. The number of nitrogens with zero attached hydrogens (tertiary/aromatic N) is 2. The number of halogens is 1. The minimum atomic E-state index is -0.415. The van der Waals surface area contributed by atoms with Crippen LogP contribution in [-0.4, -0.2) is 29.9 Å². The Morgan fingerprint density at radius 3 is 3.04 bits per heavy atom. The van der Waals surface area contributed by atoms with E-state index in [0.29, 0.717) is 22.3 Å². The number of hydrogen-bond acceptors (Lipinski definition) is 5. The number of hydrogen-bond donors (Lipinski definition) is 1. The van der Waals surface area contributed by atoms with E-state index in [2.05, 4.69) is 10.3 Å². The van der Waals surface area contributed by atoms with E-state index in [1.165, 1.54) is 0 Å². The molecule has 7 heteroatoms. The summed E-state index contributed by atoms with van der Waals surface area (Å²) in [4.78, 5) is 29.7. The third-order valence-electron chi connectivity index (χ3n) is 3.41. The van der Waals surface area contributed by atoms with E-state index in [-0.39, 0.29) is 19.0 Å². The molecule has 1 N–H and O–H groups in total. The minimum Gasteiger partial charge on any atom is -0.423 e. The Morgan fingerprint density at radius 1 is 1.43 bits per heavy atom. The molecule has 118 valence electrons. The number of ether oxygens (including phenoxy) is 1. The highest BCUT2D eigenvalue weighted by Crippen LogP contribution is 2.34. The predicted octanol–water partition coefficient (Wildman–Crippen LogP) is 2.41. The van der Waals surface area contributed by atoms with Gasteiger partial charge in [-0.15, -0.1) is 0 Å². The van der Waals surface area contributed by atoms with Gasteiger partial charge in [0, 0.05) is 11.2 Å². The molecule has 6 nitrogen and oxygen atoms in total. The van der Waals surface area contributed by atoms with Gasteiger partial charge in [-0.05, 0) is 36.8 Å². The molecule has 0 saturated heterocycles. The Bertz CT molecular complexity index is 779. The van der Waals surface area contributed by atoms with Crippen LogP contribution in [0, 0.1) is 6.92 Å². The smallest absolute Gasteiger partial charge is 0.331 e. The summed E-state index contributed by atoms with van der Waals surface area (Å²) < 4.78 is 5.15. The Kier molecular flexibility index (Phi) is 4.16. The van der Waals surface area contributed by atoms with Crippen LogP contribution in [0.25, 0.3) is 0 Å². The summed E-state index contributed by atoms with van der Waals surface area (Å²) in [5.41, 5.74) is 1.48. The number of esters is 1. The van der Waals surface area contributed by atoms with Crippen molar-refractivity contribution in [2.75, 3.05) is 23.3 Å². The first-order chi connectivity index (χ1) is 11.0. The van der Waals surface area contributed by atoms with E-state index in [1.807, 2.05) is 13.0 Å². The number of rotatable bonds is 3. The van der Waals surface area contributed by atoms with Gasteiger partial charge < -0.3 is 15.0 Å². The van der Waals surface area contributed by atoms with Gasteiger partial charge in [0.25, 0.3) is 0 Å². The average Bonchev–Trinajstić information content (AvgIpc) is 2.50. The van der Waals surface area contributed by atoms with Gasteiger partial charge >= 0.3 is 5.97 Å². The second kappa shape index (κ2) is 6.26. The molecule has 23 heavy (non-hydrogen) atoms. The van der Waals surface area contributed by atoms with Gasteiger partial charge in [-0.3, -0.25) is 4.79 Å². The molecular formula is C16H14ClN3O3. The zero-order chi connectivity index (χ0) is 16.4. The summed E-state index contributed by atoms with van der Waals surface area (Å²) in [7, 11) is 0. The maximum atomic E-state index is 12.3. The monoisotopic (exact) mass is 331 g/mol. The topological polar surface area (TPSA) is 71.5 Å². The molecular weight excluding hydrogens is 318 g/mol. The highest BCUT2D eigenvalue weighted by Gasteiger charge is 2.26. The lowest BCUT2D eigenvalue weighted by molar-refractivity contribution is -0.133. The molecule has 0 atom stereocenters. The standard InChI is InChI=1S/C16H14ClN3O3/c1-10-3-2-6-18-16(10)19-14(21)8-20-9-15(22)23-13-5-4-11(17)7-12(13)20/h2-7H,8-9H2,1H3,(H,18,19,21). The Morgan fingerprint density at radius 2 is 2.26 bits per heavy atom. The molecule has 1 amide bonds. The molecule has 0 spiro atoms. The van der Waals surface area contributed by atoms with Crippen LogP contribution in [0.4, 0.5) is 11.5 Å². The van der Waals surface area contributed by atoms with Gasteiger partial charge in [0.05, 0.1) is 12.2 Å². The van der Waals surface area contributed by atoms with Crippen LogP contribution in [0.1, 0.15) is 5.56 Å². The second-order valence-electron chi connectivity index (χ2n) is 5.16. The maximum Gasteiger partial charge on any atom is 0.331 e. The Hall–Kier alpha value is -2.60. The molecule has 0 radical (unpaired) electrons. The maximum absolute atomic E-state index is 12.3. The van der Waals surface area contributed by atoms with Crippen molar-refractivity contribution in [1.29, 1.82) is 0 Å². The van der Waals surface area contributed by atoms with Gasteiger partial charge in [0.15, 0.2) is 5.75 Å². The zero-order valence-electron chi connectivity index (χ0n) is 12.4. The van der Waals surface area contributed by atoms with Gasteiger partial charge in [-0.25, -0.2) is 9.78 Å². The SMILES string of the molecule is Cc1cccnc1NC(=O)CN1CC(=O)Oc2ccc(Cl)cc21. The van der Waals surface area contributed by atoms with Crippen molar-refractivity contribution >= 4 is 35.0 Å². The summed E-state index contributed by atoms with van der Waals surface area (Å²) in [6.07, 6.45) is 1.61. The predicted molar refractivity (Wildman–Crippen MR) is 86.9 cm³/mol. The third-order valence-corrected chi connectivity index (χ3v) is 3.64. The highest BCUT2D eigenvalue weighted by atomic mass is 35.5. The summed E-state index contributed by atoms with van der Waals surface area (Å²) in [5.74, 6) is 0.213. The fraction of sp³-hybridized carbons (Fsp3) is 0.188. The first kappa shape index (κ1) is 15.3. The number of pyridine rings is 1. The fourth-order valence-corrected chi connectivity index (χ4v) is 2.49. The lowest BCUT2D eigenvalue weighted by Gasteiger charge is -2.29. The number of carbonyl (C=O) groups is 2. The number of carbonyl (C=O) groups excluding carboxylic acids is 2. The van der Waals surface area contributed by atoms with E-state index in [9.17, 15) is 9.59 Å². The molecule has 1 aromatic heterocycles. The molecule has 1 aliphatic heterocycles. The van der Waals surface area contributed by atoms with Gasteiger partial charge in [0.2, 0.25) is 5.91 Å². The molecule has 2 heterocycles. The van der Waals surface area contributed by atoms with Crippen LogP contribution in [0.15, 0.2) is 36.5 Å². The van der Waals surface area contributed by atoms with Crippen molar-refractivity contribution in [3.8, 4) is 5.75 Å². The van der Waals surface area contributed by atoms with Crippen LogP contribution in [0.5, 0.6) is 5.75 Å². The van der Waals surface area contributed by atoms with Crippen molar-refractivity contribution in [2.24, 2.45) is 0 Å². The quantitative estimate of drug-likeness (QED) is 0.690. The lowest BCUT2D eigenvalue weighted by atomic mass is 10.2. The number of anilines is 2. The summed E-state index contributed by atoms with van der Waals surface area (Å²) in [6.45, 7) is 1.84. The zero-order valence-corrected chi connectivity index (χ0v) is 13.1. The van der Waals surface area contributed by atoms with E-state index in [0.717, 1.165) is 5.56 Å².